The van der Waals surface area contributed by atoms with E-state index in [-0.39, 0.29) is 5.91 Å². The average molecular weight is 345 g/mol. The molecule has 1 N–H and O–H groups in total. The number of rotatable bonds is 6. The average Bonchev–Trinajstić information content (AvgIpc) is 2.84. The molecule has 0 spiro atoms. The molecule has 2 rings (SSSR count). The van der Waals surface area contributed by atoms with Crippen molar-refractivity contribution in [1.29, 1.82) is 0 Å². The van der Waals surface area contributed by atoms with E-state index >= 15 is 0 Å². The number of nitrogens with zero attached hydrogens (tertiary/aromatic N) is 2. The van der Waals surface area contributed by atoms with Crippen LogP contribution in [0, 0.1) is 13.8 Å². The van der Waals surface area contributed by atoms with E-state index < -0.39 is 0 Å². The number of methoxy groups -OCH3 is 3. The van der Waals surface area contributed by atoms with Crippen molar-refractivity contribution in [3.05, 3.63) is 35.2 Å². The zero-order chi connectivity index (χ0) is 18.6. The van der Waals surface area contributed by atoms with E-state index in [2.05, 4.69) is 10.4 Å². The fraction of sp³-hybridized carbons (Fsp3) is 0.333. The predicted octanol–water partition coefficient (Wildman–Crippen LogP) is 2.71. The molecule has 0 saturated heterocycles. The zero-order valence-electron chi connectivity index (χ0n) is 15.3. The first-order valence-corrected chi connectivity index (χ1v) is 7.70. The van der Waals surface area contributed by atoms with E-state index in [1.54, 1.807) is 44.2 Å². The summed E-state index contributed by atoms with van der Waals surface area (Å²) in [5.41, 5.74) is 3.15. The molecule has 0 fully saturated rings. The van der Waals surface area contributed by atoms with Crippen molar-refractivity contribution in [3.8, 4) is 17.2 Å². The van der Waals surface area contributed by atoms with Gasteiger partial charge in [0.1, 0.15) is 0 Å². The van der Waals surface area contributed by atoms with Crippen LogP contribution in [0.2, 0.25) is 0 Å². The van der Waals surface area contributed by atoms with Gasteiger partial charge in [0.2, 0.25) is 11.7 Å². The first-order valence-electron chi connectivity index (χ1n) is 7.70. The van der Waals surface area contributed by atoms with Crippen molar-refractivity contribution >= 4 is 17.7 Å². The molecular weight excluding hydrogens is 322 g/mol. The Kier molecular flexibility index (Phi) is 5.69. The van der Waals surface area contributed by atoms with Crippen LogP contribution in [0.4, 0.5) is 5.69 Å². The standard InChI is InChI=1S/C18H23N3O4/c1-11-17(12(2)21(3)20-11)19-16(22)8-7-13-9-14(23-4)18(25-6)15(10-13)24-5/h7-10H,1-6H3,(H,19,22)/b8-7+. The highest BCUT2D eigenvalue weighted by Gasteiger charge is 2.13. The fourth-order valence-electron chi connectivity index (χ4n) is 2.49. The number of amides is 1. The van der Waals surface area contributed by atoms with Gasteiger partial charge in [-0.15, -0.1) is 0 Å². The lowest BCUT2D eigenvalue weighted by Crippen LogP contribution is -2.09. The Morgan fingerprint density at radius 2 is 1.72 bits per heavy atom. The van der Waals surface area contributed by atoms with Crippen LogP contribution in [0.15, 0.2) is 18.2 Å². The number of carbonyl (C=O) groups is 1. The van der Waals surface area contributed by atoms with Crippen LogP contribution >= 0.6 is 0 Å². The van der Waals surface area contributed by atoms with Crippen LogP contribution < -0.4 is 19.5 Å². The summed E-state index contributed by atoms with van der Waals surface area (Å²) in [6, 6.07) is 3.54. The Balaban J connectivity index is 2.22. The van der Waals surface area contributed by atoms with Gasteiger partial charge in [0.05, 0.1) is 38.4 Å². The summed E-state index contributed by atoms with van der Waals surface area (Å²) < 4.78 is 17.6. The molecule has 0 bridgehead atoms. The second kappa shape index (κ2) is 7.74. The van der Waals surface area contributed by atoms with Gasteiger partial charge in [-0.05, 0) is 37.6 Å². The third-order valence-corrected chi connectivity index (χ3v) is 3.87. The smallest absolute Gasteiger partial charge is 0.248 e. The molecule has 2 aromatic rings. The van der Waals surface area contributed by atoms with Gasteiger partial charge in [0, 0.05) is 13.1 Å². The normalized spacial score (nSPS) is 10.8. The SMILES string of the molecule is COc1cc(/C=C/C(=O)Nc2c(C)nn(C)c2C)cc(OC)c1OC. The minimum Gasteiger partial charge on any atom is -0.493 e. The Bertz CT molecular complexity index is 784. The Morgan fingerprint density at radius 1 is 1.12 bits per heavy atom. The molecular formula is C18H23N3O4. The van der Waals surface area contributed by atoms with E-state index in [1.165, 1.54) is 6.08 Å². The van der Waals surface area contributed by atoms with E-state index in [4.69, 9.17) is 14.2 Å². The molecule has 1 amide bonds. The lowest BCUT2D eigenvalue weighted by molar-refractivity contribution is -0.111. The first kappa shape index (κ1) is 18.4. The summed E-state index contributed by atoms with van der Waals surface area (Å²) in [5, 5.41) is 7.13. The van der Waals surface area contributed by atoms with Gasteiger partial charge in [0.15, 0.2) is 11.5 Å². The quantitative estimate of drug-likeness (QED) is 0.815. The highest BCUT2D eigenvalue weighted by molar-refractivity contribution is 6.02. The third kappa shape index (κ3) is 3.93. The number of hydrogen-bond donors (Lipinski definition) is 1. The monoisotopic (exact) mass is 345 g/mol. The van der Waals surface area contributed by atoms with Crippen LogP contribution in [0.5, 0.6) is 17.2 Å². The summed E-state index contributed by atoms with van der Waals surface area (Å²) in [4.78, 5) is 12.2. The number of aryl methyl sites for hydroxylation is 2. The van der Waals surface area contributed by atoms with Gasteiger partial charge >= 0.3 is 0 Å². The maximum Gasteiger partial charge on any atom is 0.248 e. The van der Waals surface area contributed by atoms with Crippen molar-refractivity contribution in [1.82, 2.24) is 9.78 Å². The molecule has 0 saturated carbocycles. The molecule has 0 aliphatic carbocycles. The van der Waals surface area contributed by atoms with Crippen LogP contribution in [0.1, 0.15) is 17.0 Å². The lowest BCUT2D eigenvalue weighted by Gasteiger charge is -2.12. The van der Waals surface area contributed by atoms with Crippen LogP contribution in [-0.2, 0) is 11.8 Å². The summed E-state index contributed by atoms with van der Waals surface area (Å²) in [5.74, 6) is 1.32. The molecule has 134 valence electrons. The molecule has 25 heavy (non-hydrogen) atoms. The number of anilines is 1. The number of carbonyl (C=O) groups excluding carboxylic acids is 1. The summed E-state index contributed by atoms with van der Waals surface area (Å²) >= 11 is 0. The third-order valence-electron chi connectivity index (χ3n) is 3.87. The van der Waals surface area contributed by atoms with Crippen molar-refractivity contribution in [2.24, 2.45) is 7.05 Å². The Morgan fingerprint density at radius 3 is 2.16 bits per heavy atom. The summed E-state index contributed by atoms with van der Waals surface area (Å²) in [6.45, 7) is 3.75. The van der Waals surface area contributed by atoms with Crippen LogP contribution in [0.3, 0.4) is 0 Å². The molecule has 0 atom stereocenters. The number of nitrogens with one attached hydrogen (secondary N) is 1. The number of ether oxygens (including phenoxy) is 3. The number of aromatic nitrogens is 2. The summed E-state index contributed by atoms with van der Waals surface area (Å²) in [6.07, 6.45) is 3.13. The molecule has 7 heteroatoms. The lowest BCUT2D eigenvalue weighted by atomic mass is 10.1. The van der Waals surface area contributed by atoms with Crippen molar-refractivity contribution in [2.45, 2.75) is 13.8 Å². The second-order valence-corrected chi connectivity index (χ2v) is 5.45. The highest BCUT2D eigenvalue weighted by Crippen LogP contribution is 2.38. The molecule has 0 aliphatic heterocycles. The molecule has 7 nitrogen and oxygen atoms in total. The molecule has 0 radical (unpaired) electrons. The summed E-state index contributed by atoms with van der Waals surface area (Å²) in [7, 11) is 6.47. The van der Waals surface area contributed by atoms with Crippen LogP contribution in [-0.4, -0.2) is 37.0 Å². The minimum absolute atomic E-state index is 0.243. The zero-order valence-corrected chi connectivity index (χ0v) is 15.3. The van der Waals surface area contributed by atoms with Gasteiger partial charge < -0.3 is 19.5 Å². The maximum absolute atomic E-state index is 12.2. The fourth-order valence-corrected chi connectivity index (χ4v) is 2.49. The molecule has 1 aromatic carbocycles. The Hall–Kier alpha value is -2.96. The molecule has 1 heterocycles. The van der Waals surface area contributed by atoms with Crippen molar-refractivity contribution < 1.29 is 19.0 Å². The van der Waals surface area contributed by atoms with E-state index in [9.17, 15) is 4.79 Å². The topological polar surface area (TPSA) is 74.6 Å². The molecule has 0 aliphatic rings. The minimum atomic E-state index is -0.243. The number of hydrogen-bond acceptors (Lipinski definition) is 5. The molecule has 1 aromatic heterocycles. The first-order chi connectivity index (χ1) is 11.9. The van der Waals surface area contributed by atoms with Gasteiger partial charge in [-0.1, -0.05) is 0 Å². The predicted molar refractivity (Wildman–Crippen MR) is 96.4 cm³/mol. The number of benzene rings is 1. The second-order valence-electron chi connectivity index (χ2n) is 5.45. The molecule has 0 unspecified atom stereocenters. The van der Waals surface area contributed by atoms with Crippen LogP contribution in [0.25, 0.3) is 6.08 Å². The van der Waals surface area contributed by atoms with E-state index in [0.29, 0.717) is 17.2 Å². The van der Waals surface area contributed by atoms with Crippen molar-refractivity contribution in [2.75, 3.05) is 26.6 Å². The van der Waals surface area contributed by atoms with E-state index in [0.717, 1.165) is 22.6 Å². The largest absolute Gasteiger partial charge is 0.493 e. The van der Waals surface area contributed by atoms with Gasteiger partial charge in [-0.2, -0.15) is 5.10 Å². The maximum atomic E-state index is 12.2. The van der Waals surface area contributed by atoms with Gasteiger partial charge in [0.25, 0.3) is 0 Å². The van der Waals surface area contributed by atoms with E-state index in [1.807, 2.05) is 20.9 Å². The Labute approximate surface area is 147 Å². The van der Waals surface area contributed by atoms with Gasteiger partial charge in [-0.3, -0.25) is 9.48 Å². The van der Waals surface area contributed by atoms with Gasteiger partial charge in [-0.25, -0.2) is 0 Å². The highest BCUT2D eigenvalue weighted by atomic mass is 16.5. The van der Waals surface area contributed by atoms with Crippen molar-refractivity contribution in [3.63, 3.8) is 0 Å².